The van der Waals surface area contributed by atoms with Crippen molar-refractivity contribution in [2.24, 2.45) is 0 Å². The quantitative estimate of drug-likeness (QED) is 0.484. The summed E-state index contributed by atoms with van der Waals surface area (Å²) < 4.78 is 0. The summed E-state index contributed by atoms with van der Waals surface area (Å²) in [5.41, 5.74) is 4.43. The molecule has 0 saturated heterocycles. The van der Waals surface area contributed by atoms with Gasteiger partial charge >= 0.3 is 0 Å². The monoisotopic (exact) mass is 329 g/mol. The van der Waals surface area contributed by atoms with Gasteiger partial charge in [-0.05, 0) is 37.6 Å². The molecule has 24 heavy (non-hydrogen) atoms. The van der Waals surface area contributed by atoms with Gasteiger partial charge in [0.25, 0.3) is 11.8 Å². The first-order valence-corrected chi connectivity index (χ1v) is 7.38. The number of hydroxylamine groups is 1. The van der Waals surface area contributed by atoms with Crippen LogP contribution < -0.4 is 10.8 Å². The molecule has 1 aromatic heterocycles. The minimum atomic E-state index is -1.25. The third kappa shape index (κ3) is 4.15. The van der Waals surface area contributed by atoms with Gasteiger partial charge in [0.15, 0.2) is 0 Å². The van der Waals surface area contributed by atoms with E-state index in [4.69, 9.17) is 5.21 Å². The average molecular weight is 329 g/mol. The molecule has 0 fully saturated rings. The third-order valence-corrected chi connectivity index (χ3v) is 3.52. The van der Waals surface area contributed by atoms with Crippen molar-refractivity contribution in [3.05, 3.63) is 53.7 Å². The molecule has 2 amide bonds. The maximum Gasteiger partial charge on any atom is 0.268 e. The maximum atomic E-state index is 12.2. The molecule has 0 aliphatic rings. The van der Waals surface area contributed by atoms with Crippen molar-refractivity contribution in [3.8, 4) is 11.3 Å². The number of aliphatic hydroxyl groups is 1. The highest BCUT2D eigenvalue weighted by Gasteiger charge is 2.25. The van der Waals surface area contributed by atoms with Crippen LogP contribution in [0.15, 0.2) is 42.6 Å². The van der Waals surface area contributed by atoms with E-state index in [-0.39, 0.29) is 0 Å². The Kier molecular flexibility index (Phi) is 5.62. The van der Waals surface area contributed by atoms with Gasteiger partial charge in [-0.25, -0.2) is 5.48 Å². The van der Waals surface area contributed by atoms with E-state index in [1.807, 2.05) is 19.1 Å². The van der Waals surface area contributed by atoms with Gasteiger partial charge in [-0.15, -0.1) is 0 Å². The second kappa shape index (κ2) is 7.67. The number of hydrogen-bond acceptors (Lipinski definition) is 5. The Balaban J connectivity index is 2.13. The molecular formula is C17H19N3O4. The molecule has 2 rings (SSSR count). The molecular weight excluding hydrogens is 310 g/mol. The standard InChI is InChI=1S/C17H19N3O4/c1-10-3-8-14(18-9-10)12-4-6-13(7-5-12)16(22)19-15(11(2)21)17(23)20-24/h3-9,11,15,21,24H,1-2H3,(H,19,22)(H,20,23). The van der Waals surface area contributed by atoms with E-state index >= 15 is 0 Å². The third-order valence-electron chi connectivity index (χ3n) is 3.52. The summed E-state index contributed by atoms with van der Waals surface area (Å²) >= 11 is 0. The van der Waals surface area contributed by atoms with E-state index in [0.717, 1.165) is 16.8 Å². The smallest absolute Gasteiger partial charge is 0.268 e. The highest BCUT2D eigenvalue weighted by molar-refractivity contribution is 5.97. The molecule has 2 aromatic rings. The maximum absolute atomic E-state index is 12.2. The lowest BCUT2D eigenvalue weighted by atomic mass is 10.1. The van der Waals surface area contributed by atoms with E-state index in [2.05, 4.69) is 10.3 Å². The Bertz CT molecular complexity index is 712. The number of aromatic nitrogens is 1. The van der Waals surface area contributed by atoms with Crippen LogP contribution in [0.5, 0.6) is 0 Å². The summed E-state index contributed by atoms with van der Waals surface area (Å²) in [4.78, 5) is 27.9. The number of carbonyl (C=O) groups excluding carboxylic acids is 2. The summed E-state index contributed by atoms with van der Waals surface area (Å²) in [5.74, 6) is -1.42. The second-order valence-electron chi connectivity index (χ2n) is 5.47. The fourth-order valence-corrected chi connectivity index (χ4v) is 2.13. The van der Waals surface area contributed by atoms with Gasteiger partial charge in [0.05, 0.1) is 11.8 Å². The van der Waals surface area contributed by atoms with Crippen molar-refractivity contribution in [2.75, 3.05) is 0 Å². The molecule has 0 radical (unpaired) electrons. The number of aryl methyl sites for hydroxylation is 1. The van der Waals surface area contributed by atoms with Crippen LogP contribution in [0.3, 0.4) is 0 Å². The first kappa shape index (κ1) is 17.6. The fourth-order valence-electron chi connectivity index (χ4n) is 2.13. The molecule has 126 valence electrons. The van der Waals surface area contributed by atoms with Crippen LogP contribution in [-0.2, 0) is 4.79 Å². The summed E-state index contributed by atoms with van der Waals surface area (Å²) in [6.45, 7) is 3.29. The molecule has 7 nitrogen and oxygen atoms in total. The van der Waals surface area contributed by atoms with Gasteiger partial charge < -0.3 is 10.4 Å². The lowest BCUT2D eigenvalue weighted by Crippen LogP contribution is -2.51. The van der Waals surface area contributed by atoms with Crippen molar-refractivity contribution in [2.45, 2.75) is 26.0 Å². The van der Waals surface area contributed by atoms with E-state index in [1.165, 1.54) is 12.4 Å². The van der Waals surface area contributed by atoms with Crippen LogP contribution in [0.25, 0.3) is 11.3 Å². The van der Waals surface area contributed by atoms with Crippen LogP contribution in [0.1, 0.15) is 22.8 Å². The number of nitrogens with zero attached hydrogens (tertiary/aromatic N) is 1. The zero-order valence-electron chi connectivity index (χ0n) is 13.4. The summed E-state index contributed by atoms with van der Waals surface area (Å²) in [5, 5.41) is 20.6. The average Bonchev–Trinajstić information content (AvgIpc) is 2.59. The summed E-state index contributed by atoms with van der Waals surface area (Å²) in [6.07, 6.45) is 0.605. The molecule has 0 aliphatic heterocycles. The summed E-state index contributed by atoms with van der Waals surface area (Å²) in [6, 6.07) is 9.28. The lowest BCUT2D eigenvalue weighted by molar-refractivity contribution is -0.133. The van der Waals surface area contributed by atoms with E-state index in [9.17, 15) is 14.7 Å². The number of nitrogens with one attached hydrogen (secondary N) is 2. The van der Waals surface area contributed by atoms with Gasteiger partial charge in [0.2, 0.25) is 0 Å². The van der Waals surface area contributed by atoms with Gasteiger partial charge in [-0.2, -0.15) is 0 Å². The Hall–Kier alpha value is -2.77. The zero-order chi connectivity index (χ0) is 17.7. The topological polar surface area (TPSA) is 112 Å². The normalized spacial score (nSPS) is 13.0. The van der Waals surface area contributed by atoms with Gasteiger partial charge in [-0.3, -0.25) is 19.8 Å². The van der Waals surface area contributed by atoms with Crippen LogP contribution in [-0.4, -0.2) is 39.3 Å². The summed E-state index contributed by atoms with van der Waals surface area (Å²) in [7, 11) is 0. The Labute approximate surface area is 139 Å². The van der Waals surface area contributed by atoms with Crippen LogP contribution >= 0.6 is 0 Å². The van der Waals surface area contributed by atoms with Gasteiger partial charge in [-0.1, -0.05) is 18.2 Å². The number of pyridine rings is 1. The molecule has 1 aromatic carbocycles. The van der Waals surface area contributed by atoms with Crippen molar-refractivity contribution in [1.29, 1.82) is 0 Å². The van der Waals surface area contributed by atoms with E-state index in [1.54, 1.807) is 30.5 Å². The molecule has 0 spiro atoms. The SMILES string of the molecule is Cc1ccc(-c2ccc(C(=O)NC(C(=O)NO)C(C)O)cc2)nc1. The van der Waals surface area contributed by atoms with Crippen LogP contribution in [0.2, 0.25) is 0 Å². The highest BCUT2D eigenvalue weighted by Crippen LogP contribution is 2.17. The molecule has 0 bridgehead atoms. The number of amides is 2. The number of rotatable bonds is 5. The Morgan fingerprint density at radius 3 is 2.29 bits per heavy atom. The van der Waals surface area contributed by atoms with E-state index < -0.39 is 24.0 Å². The van der Waals surface area contributed by atoms with Crippen LogP contribution in [0, 0.1) is 6.92 Å². The second-order valence-corrected chi connectivity index (χ2v) is 5.47. The molecule has 0 aliphatic carbocycles. The number of hydrogen-bond donors (Lipinski definition) is 4. The number of carbonyl (C=O) groups is 2. The predicted octanol–water partition coefficient (Wildman–Crippen LogP) is 1.04. The van der Waals surface area contributed by atoms with Gasteiger partial charge in [0.1, 0.15) is 6.04 Å². The highest BCUT2D eigenvalue weighted by atomic mass is 16.5. The molecule has 2 atom stereocenters. The number of aliphatic hydroxyl groups excluding tert-OH is 1. The number of benzene rings is 1. The van der Waals surface area contributed by atoms with Crippen molar-refractivity contribution >= 4 is 11.8 Å². The molecule has 1 heterocycles. The first-order valence-electron chi connectivity index (χ1n) is 7.38. The molecule has 7 heteroatoms. The van der Waals surface area contributed by atoms with Crippen molar-refractivity contribution in [1.82, 2.24) is 15.8 Å². The Morgan fingerprint density at radius 2 is 1.79 bits per heavy atom. The largest absolute Gasteiger partial charge is 0.391 e. The minimum absolute atomic E-state index is 0.322. The Morgan fingerprint density at radius 1 is 1.12 bits per heavy atom. The molecule has 0 saturated carbocycles. The van der Waals surface area contributed by atoms with E-state index in [0.29, 0.717) is 5.56 Å². The molecule has 2 unspecified atom stereocenters. The molecule has 4 N–H and O–H groups in total. The van der Waals surface area contributed by atoms with Gasteiger partial charge in [0, 0.05) is 17.3 Å². The van der Waals surface area contributed by atoms with Crippen molar-refractivity contribution in [3.63, 3.8) is 0 Å². The van der Waals surface area contributed by atoms with Crippen LogP contribution in [0.4, 0.5) is 0 Å². The lowest BCUT2D eigenvalue weighted by Gasteiger charge is -2.19. The fraction of sp³-hybridized carbons (Fsp3) is 0.235. The minimum Gasteiger partial charge on any atom is -0.391 e. The first-order chi connectivity index (χ1) is 11.4. The predicted molar refractivity (Wildman–Crippen MR) is 87.3 cm³/mol. The van der Waals surface area contributed by atoms with Crippen molar-refractivity contribution < 1.29 is 19.9 Å². The zero-order valence-corrected chi connectivity index (χ0v) is 13.4.